The summed E-state index contributed by atoms with van der Waals surface area (Å²) in [6.07, 6.45) is 0.992. The average Bonchev–Trinajstić information content (AvgIpc) is 2.61. The van der Waals surface area contributed by atoms with Crippen molar-refractivity contribution in [1.82, 2.24) is 15.2 Å². The molecule has 1 saturated heterocycles. The number of aliphatic imine (C=N–C) groups is 1. The minimum Gasteiger partial charge on any atom is -0.338 e. The number of hydrazone groups is 1. The van der Waals surface area contributed by atoms with Gasteiger partial charge in [-0.1, -0.05) is 18.6 Å². The van der Waals surface area contributed by atoms with E-state index in [0.717, 1.165) is 50.0 Å². The largest absolute Gasteiger partial charge is 0.338 e. The van der Waals surface area contributed by atoms with Crippen molar-refractivity contribution in [1.29, 1.82) is 0 Å². The number of nitrogens with one attached hydrogen (secondary N) is 1. The second kappa shape index (κ2) is 7.40. The fourth-order valence-corrected chi connectivity index (χ4v) is 3.25. The summed E-state index contributed by atoms with van der Waals surface area (Å²) in [6, 6.07) is 6.51. The summed E-state index contributed by atoms with van der Waals surface area (Å²) < 4.78 is 0. The summed E-state index contributed by atoms with van der Waals surface area (Å²) in [7, 11) is 0. The Labute approximate surface area is 151 Å². The lowest BCUT2D eigenvalue weighted by Crippen LogP contribution is -2.51. The van der Waals surface area contributed by atoms with Gasteiger partial charge < -0.3 is 10.2 Å². The highest BCUT2D eigenvalue weighted by Crippen LogP contribution is 2.38. The van der Waals surface area contributed by atoms with Crippen molar-refractivity contribution >= 4 is 23.1 Å². The van der Waals surface area contributed by atoms with Crippen LogP contribution in [0.15, 0.2) is 33.9 Å². The van der Waals surface area contributed by atoms with Gasteiger partial charge in [0.2, 0.25) is 5.96 Å². The van der Waals surface area contributed by atoms with E-state index in [1.54, 1.807) is 0 Å². The number of aryl methyl sites for hydroxylation is 1. The van der Waals surface area contributed by atoms with E-state index < -0.39 is 0 Å². The molecule has 5 nitrogen and oxygen atoms in total. The van der Waals surface area contributed by atoms with Crippen LogP contribution in [0, 0.1) is 6.92 Å². The molecule has 0 atom stereocenters. The van der Waals surface area contributed by atoms with Crippen molar-refractivity contribution in [2.75, 3.05) is 26.2 Å². The fraction of sp³-hybridized carbons (Fsp3) is 0.500. The van der Waals surface area contributed by atoms with Crippen LogP contribution in [0.2, 0.25) is 0 Å². The molecular weight excluding hydrogens is 310 g/mol. The lowest BCUT2D eigenvalue weighted by atomic mass is 10.00. The first-order valence-electron chi connectivity index (χ1n) is 9.18. The van der Waals surface area contributed by atoms with Gasteiger partial charge in [-0.3, -0.25) is 0 Å². The van der Waals surface area contributed by atoms with Gasteiger partial charge in [0.05, 0.1) is 11.4 Å². The zero-order valence-corrected chi connectivity index (χ0v) is 16.1. The molecule has 0 unspecified atom stereocenters. The third-order valence-corrected chi connectivity index (χ3v) is 4.66. The normalized spacial score (nSPS) is 19.3. The summed E-state index contributed by atoms with van der Waals surface area (Å²) in [4.78, 5) is 7.35. The van der Waals surface area contributed by atoms with E-state index in [-0.39, 0.29) is 0 Å². The van der Waals surface area contributed by atoms with Crippen LogP contribution in [0.3, 0.4) is 0 Å². The zero-order chi connectivity index (χ0) is 18.0. The van der Waals surface area contributed by atoms with E-state index in [4.69, 9.17) is 10.1 Å². The van der Waals surface area contributed by atoms with Crippen LogP contribution in [0.25, 0.3) is 5.70 Å². The molecule has 1 N–H and O–H groups in total. The molecule has 2 aliphatic rings. The molecule has 25 heavy (non-hydrogen) atoms. The second-order valence-electron chi connectivity index (χ2n) is 7.01. The summed E-state index contributed by atoms with van der Waals surface area (Å²) in [5.74, 6) is 0.946. The van der Waals surface area contributed by atoms with Gasteiger partial charge >= 0.3 is 0 Å². The van der Waals surface area contributed by atoms with Crippen LogP contribution in [0.4, 0.5) is 5.69 Å². The van der Waals surface area contributed by atoms with Gasteiger partial charge in [0, 0.05) is 37.5 Å². The van der Waals surface area contributed by atoms with E-state index in [1.807, 2.05) is 13.8 Å². The molecule has 2 aliphatic heterocycles. The zero-order valence-electron chi connectivity index (χ0n) is 16.1. The molecule has 0 saturated carbocycles. The Bertz CT molecular complexity index is 734. The van der Waals surface area contributed by atoms with Crippen LogP contribution in [0.1, 0.15) is 45.2 Å². The summed E-state index contributed by atoms with van der Waals surface area (Å²) in [5, 5.41) is 10.4. The smallest absolute Gasteiger partial charge is 0.227 e. The number of fused-ring (bicyclic) bond motifs is 1. The average molecular weight is 339 g/mol. The number of nitrogens with zero attached hydrogens (tertiary/aromatic N) is 4. The fourth-order valence-electron chi connectivity index (χ4n) is 3.25. The molecule has 134 valence electrons. The molecule has 0 amide bonds. The van der Waals surface area contributed by atoms with Crippen molar-refractivity contribution in [3.05, 3.63) is 34.9 Å². The minimum atomic E-state index is 0.946. The lowest BCUT2D eigenvalue weighted by molar-refractivity contribution is 0.323. The maximum absolute atomic E-state index is 5.01. The van der Waals surface area contributed by atoms with Crippen LogP contribution in [-0.2, 0) is 0 Å². The first-order valence-corrected chi connectivity index (χ1v) is 9.18. The Morgan fingerprint density at radius 2 is 1.92 bits per heavy atom. The molecule has 1 aromatic rings. The number of benzene rings is 1. The first kappa shape index (κ1) is 17.7. The maximum atomic E-state index is 5.01. The van der Waals surface area contributed by atoms with Gasteiger partial charge in [-0.15, -0.1) is 0 Å². The third kappa shape index (κ3) is 3.61. The second-order valence-corrected chi connectivity index (χ2v) is 7.01. The first-order chi connectivity index (χ1) is 12.0. The Kier molecular flexibility index (Phi) is 5.23. The van der Waals surface area contributed by atoms with Gasteiger partial charge in [-0.25, -0.2) is 4.99 Å². The Morgan fingerprint density at radius 1 is 1.20 bits per heavy atom. The Balaban J connectivity index is 2.21. The maximum Gasteiger partial charge on any atom is 0.227 e. The predicted octanol–water partition coefficient (Wildman–Crippen LogP) is 3.74. The minimum absolute atomic E-state index is 0.946. The number of allylic oxidation sites excluding steroid dienone is 1. The standard InChI is InChI=1S/C20H29N5/c1-6-16(5)19-17-13-15(4)7-8-18(17)22-20(25(19)23-14(2)3)24-11-9-21-10-12-24/h7-8,13,21H,6,9-12H2,1-5H3. The van der Waals surface area contributed by atoms with E-state index in [2.05, 4.69) is 54.2 Å². The molecule has 3 rings (SSSR count). The summed E-state index contributed by atoms with van der Waals surface area (Å²) in [5.41, 5.74) is 7.02. The van der Waals surface area contributed by atoms with E-state index >= 15 is 0 Å². The topological polar surface area (TPSA) is 43.2 Å². The molecular formula is C20H29N5. The van der Waals surface area contributed by atoms with Crippen molar-refractivity contribution in [2.24, 2.45) is 10.1 Å². The number of guanidine groups is 1. The molecule has 5 heteroatoms. The summed E-state index contributed by atoms with van der Waals surface area (Å²) >= 11 is 0. The highest BCUT2D eigenvalue weighted by molar-refractivity contribution is 5.98. The van der Waals surface area contributed by atoms with Crippen molar-refractivity contribution < 1.29 is 0 Å². The van der Waals surface area contributed by atoms with Gasteiger partial charge in [-0.05, 0) is 51.8 Å². The molecule has 0 radical (unpaired) electrons. The predicted molar refractivity (Wildman–Crippen MR) is 106 cm³/mol. The van der Waals surface area contributed by atoms with Gasteiger partial charge in [0.1, 0.15) is 0 Å². The van der Waals surface area contributed by atoms with Crippen LogP contribution in [0.5, 0.6) is 0 Å². The Morgan fingerprint density at radius 3 is 2.56 bits per heavy atom. The van der Waals surface area contributed by atoms with Crippen LogP contribution in [-0.4, -0.2) is 47.8 Å². The number of rotatable bonds is 2. The highest BCUT2D eigenvalue weighted by atomic mass is 15.6. The molecule has 1 aromatic carbocycles. The van der Waals surface area contributed by atoms with Crippen LogP contribution < -0.4 is 5.32 Å². The van der Waals surface area contributed by atoms with Gasteiger partial charge in [0.15, 0.2) is 0 Å². The molecule has 2 heterocycles. The number of hydrogen-bond acceptors (Lipinski definition) is 5. The summed E-state index contributed by atoms with van der Waals surface area (Å²) in [6.45, 7) is 14.5. The SMILES string of the molecule is CCC(C)=C1c2cc(C)ccc2N=C(N2CCNCC2)N1N=C(C)C. The number of hydrogen-bond donors (Lipinski definition) is 1. The molecule has 0 aliphatic carbocycles. The highest BCUT2D eigenvalue weighted by Gasteiger charge is 2.30. The molecule has 0 aromatic heterocycles. The monoisotopic (exact) mass is 339 g/mol. The molecule has 0 spiro atoms. The van der Waals surface area contributed by atoms with Gasteiger partial charge in [-0.2, -0.15) is 10.1 Å². The molecule has 0 bridgehead atoms. The third-order valence-electron chi connectivity index (χ3n) is 4.66. The van der Waals surface area contributed by atoms with E-state index in [9.17, 15) is 0 Å². The van der Waals surface area contributed by atoms with Crippen molar-refractivity contribution in [3.8, 4) is 0 Å². The quantitative estimate of drug-likeness (QED) is 0.835. The van der Waals surface area contributed by atoms with Crippen molar-refractivity contribution in [3.63, 3.8) is 0 Å². The van der Waals surface area contributed by atoms with E-state index in [0.29, 0.717) is 0 Å². The van der Waals surface area contributed by atoms with Crippen LogP contribution >= 0.6 is 0 Å². The Hall–Kier alpha value is -2.14. The lowest BCUT2D eigenvalue weighted by Gasteiger charge is -2.38. The van der Waals surface area contributed by atoms with E-state index in [1.165, 1.54) is 22.4 Å². The van der Waals surface area contributed by atoms with Crippen molar-refractivity contribution in [2.45, 2.75) is 41.0 Å². The van der Waals surface area contributed by atoms with Gasteiger partial charge in [0.25, 0.3) is 0 Å². The number of piperazine rings is 1. The molecule has 1 fully saturated rings.